The Morgan fingerprint density at radius 3 is 2.79 bits per heavy atom. The topological polar surface area (TPSA) is 64.3 Å². The van der Waals surface area contributed by atoms with E-state index in [1.54, 1.807) is 11.8 Å². The van der Waals surface area contributed by atoms with E-state index in [2.05, 4.69) is 5.32 Å². The van der Waals surface area contributed by atoms with Crippen molar-refractivity contribution in [1.29, 1.82) is 0 Å². The van der Waals surface area contributed by atoms with Crippen molar-refractivity contribution >= 4 is 17.7 Å². The number of thioether (sulfide) groups is 1. The van der Waals surface area contributed by atoms with Crippen molar-refractivity contribution in [3.63, 3.8) is 0 Å². The first-order valence-corrected chi connectivity index (χ1v) is 6.05. The van der Waals surface area contributed by atoms with Crippen molar-refractivity contribution in [1.82, 2.24) is 5.32 Å². The van der Waals surface area contributed by atoms with Crippen LogP contribution in [0.5, 0.6) is 0 Å². The third kappa shape index (κ3) is 6.23. The fraction of sp³-hybridized carbons (Fsp3) is 0.889. The molecular formula is C9H20N2O2S. The van der Waals surface area contributed by atoms with Crippen molar-refractivity contribution < 1.29 is 9.53 Å². The van der Waals surface area contributed by atoms with Gasteiger partial charge in [-0.3, -0.25) is 4.79 Å². The second-order valence-corrected chi connectivity index (χ2v) is 4.24. The Morgan fingerprint density at radius 1 is 1.64 bits per heavy atom. The first kappa shape index (κ1) is 13.7. The lowest BCUT2D eigenvalue weighted by Crippen LogP contribution is -2.46. The van der Waals surface area contributed by atoms with Gasteiger partial charge in [0.15, 0.2) is 0 Å². The lowest BCUT2D eigenvalue weighted by Gasteiger charge is -2.16. The minimum atomic E-state index is -0.559. The van der Waals surface area contributed by atoms with E-state index in [0.717, 1.165) is 12.2 Å². The molecule has 3 N–H and O–H groups in total. The Kier molecular flexibility index (Phi) is 7.93. The molecule has 4 nitrogen and oxygen atoms in total. The van der Waals surface area contributed by atoms with E-state index in [-0.39, 0.29) is 18.6 Å². The van der Waals surface area contributed by atoms with Crippen LogP contribution in [0.25, 0.3) is 0 Å². The van der Waals surface area contributed by atoms with Crippen LogP contribution in [0.1, 0.15) is 13.3 Å². The lowest BCUT2D eigenvalue weighted by atomic mass is 10.2. The number of ether oxygens (including phenoxy) is 1. The number of carbonyl (C=O) groups is 1. The number of methoxy groups -OCH3 is 1. The first-order valence-electron chi connectivity index (χ1n) is 4.65. The van der Waals surface area contributed by atoms with E-state index in [9.17, 15) is 4.79 Å². The largest absolute Gasteiger partial charge is 0.383 e. The molecule has 0 aliphatic carbocycles. The smallest absolute Gasteiger partial charge is 0.239 e. The van der Waals surface area contributed by atoms with Gasteiger partial charge in [0.1, 0.15) is 6.04 Å². The molecule has 84 valence electrons. The highest BCUT2D eigenvalue weighted by molar-refractivity contribution is 7.98. The Morgan fingerprint density at radius 2 is 2.29 bits per heavy atom. The quantitative estimate of drug-likeness (QED) is 0.644. The van der Waals surface area contributed by atoms with Gasteiger partial charge in [-0.15, -0.1) is 0 Å². The summed E-state index contributed by atoms with van der Waals surface area (Å²) in [5.74, 6) is 0.904. The third-order valence-corrected chi connectivity index (χ3v) is 2.47. The van der Waals surface area contributed by atoms with E-state index in [1.165, 1.54) is 7.11 Å². The molecule has 0 aromatic carbocycles. The fourth-order valence-electron chi connectivity index (χ4n) is 0.972. The third-order valence-electron chi connectivity index (χ3n) is 1.83. The van der Waals surface area contributed by atoms with Gasteiger partial charge >= 0.3 is 0 Å². The number of hydrogen-bond acceptors (Lipinski definition) is 4. The van der Waals surface area contributed by atoms with Gasteiger partial charge in [0.25, 0.3) is 0 Å². The van der Waals surface area contributed by atoms with Crippen LogP contribution in [0, 0.1) is 0 Å². The molecule has 2 atom stereocenters. The van der Waals surface area contributed by atoms with Gasteiger partial charge in [0, 0.05) is 13.2 Å². The van der Waals surface area contributed by atoms with Crippen LogP contribution in [0.15, 0.2) is 0 Å². The Hall–Kier alpha value is -0.260. The average molecular weight is 220 g/mol. The van der Waals surface area contributed by atoms with Crippen LogP contribution in [-0.4, -0.2) is 43.7 Å². The van der Waals surface area contributed by atoms with Crippen molar-refractivity contribution in [2.75, 3.05) is 25.7 Å². The van der Waals surface area contributed by atoms with Crippen molar-refractivity contribution in [2.45, 2.75) is 25.4 Å². The maximum Gasteiger partial charge on any atom is 0.239 e. The van der Waals surface area contributed by atoms with Crippen LogP contribution in [0.4, 0.5) is 0 Å². The molecule has 0 radical (unpaired) electrons. The van der Waals surface area contributed by atoms with Gasteiger partial charge in [0.05, 0.1) is 6.61 Å². The van der Waals surface area contributed by atoms with Crippen LogP contribution in [0.2, 0.25) is 0 Å². The van der Waals surface area contributed by atoms with Crippen LogP contribution in [0.3, 0.4) is 0 Å². The highest BCUT2D eigenvalue weighted by Gasteiger charge is 2.14. The SMILES string of the molecule is COCC(N)C(=O)NC(C)CCSC. The zero-order valence-electron chi connectivity index (χ0n) is 9.08. The molecule has 0 fully saturated rings. The zero-order valence-corrected chi connectivity index (χ0v) is 9.89. The minimum Gasteiger partial charge on any atom is -0.383 e. The standard InChI is InChI=1S/C9H20N2O2S/c1-7(4-5-14-3)11-9(12)8(10)6-13-2/h7-8H,4-6,10H2,1-3H3,(H,11,12). The monoisotopic (exact) mass is 220 g/mol. The molecule has 0 spiro atoms. The molecule has 0 heterocycles. The normalized spacial score (nSPS) is 14.9. The Balaban J connectivity index is 3.69. The number of rotatable bonds is 7. The van der Waals surface area contributed by atoms with E-state index in [4.69, 9.17) is 10.5 Å². The summed E-state index contributed by atoms with van der Waals surface area (Å²) in [6.45, 7) is 2.24. The van der Waals surface area contributed by atoms with Crippen LogP contribution in [-0.2, 0) is 9.53 Å². The lowest BCUT2D eigenvalue weighted by molar-refractivity contribution is -0.124. The highest BCUT2D eigenvalue weighted by Crippen LogP contribution is 1.99. The van der Waals surface area contributed by atoms with Gasteiger partial charge in [-0.2, -0.15) is 11.8 Å². The molecule has 14 heavy (non-hydrogen) atoms. The van der Waals surface area contributed by atoms with Gasteiger partial charge in [-0.05, 0) is 25.4 Å². The molecule has 0 aliphatic heterocycles. The van der Waals surface area contributed by atoms with Crippen molar-refractivity contribution in [3.8, 4) is 0 Å². The van der Waals surface area contributed by atoms with E-state index < -0.39 is 6.04 Å². The van der Waals surface area contributed by atoms with E-state index in [0.29, 0.717) is 0 Å². The van der Waals surface area contributed by atoms with Crippen LogP contribution >= 0.6 is 11.8 Å². The van der Waals surface area contributed by atoms with Crippen LogP contribution < -0.4 is 11.1 Å². The maximum absolute atomic E-state index is 11.4. The molecule has 2 unspecified atom stereocenters. The second-order valence-electron chi connectivity index (χ2n) is 3.25. The molecule has 0 aromatic heterocycles. The predicted octanol–water partition coefficient (Wildman–Crippen LogP) is 0.218. The number of nitrogens with one attached hydrogen (secondary N) is 1. The summed E-state index contributed by atoms with van der Waals surface area (Å²) in [7, 11) is 1.53. The summed E-state index contributed by atoms with van der Waals surface area (Å²) < 4.78 is 4.80. The summed E-state index contributed by atoms with van der Waals surface area (Å²) in [6.07, 6.45) is 3.01. The molecular weight excluding hydrogens is 200 g/mol. The summed E-state index contributed by atoms with van der Waals surface area (Å²) in [6, 6.07) is -0.380. The summed E-state index contributed by atoms with van der Waals surface area (Å²) in [5.41, 5.74) is 5.56. The number of nitrogens with two attached hydrogens (primary N) is 1. The first-order chi connectivity index (χ1) is 6.61. The van der Waals surface area contributed by atoms with E-state index >= 15 is 0 Å². The zero-order chi connectivity index (χ0) is 11.0. The van der Waals surface area contributed by atoms with Crippen molar-refractivity contribution in [2.24, 2.45) is 5.73 Å². The predicted molar refractivity (Wildman–Crippen MR) is 60.5 cm³/mol. The Labute approximate surface area is 89.9 Å². The molecule has 0 saturated carbocycles. The van der Waals surface area contributed by atoms with Gasteiger partial charge in [-0.25, -0.2) is 0 Å². The molecule has 0 bridgehead atoms. The number of carbonyl (C=O) groups excluding carboxylic acids is 1. The molecule has 0 saturated heterocycles. The molecule has 0 aliphatic rings. The molecule has 5 heteroatoms. The molecule has 1 amide bonds. The molecule has 0 aromatic rings. The maximum atomic E-state index is 11.4. The highest BCUT2D eigenvalue weighted by atomic mass is 32.2. The molecule has 0 rings (SSSR count). The Bertz CT molecular complexity index is 167. The average Bonchev–Trinajstić information content (AvgIpc) is 2.15. The fourth-order valence-corrected chi connectivity index (χ4v) is 1.56. The van der Waals surface area contributed by atoms with Gasteiger partial charge in [0.2, 0.25) is 5.91 Å². The summed E-state index contributed by atoms with van der Waals surface area (Å²) in [4.78, 5) is 11.4. The number of amides is 1. The summed E-state index contributed by atoms with van der Waals surface area (Å²) >= 11 is 1.77. The van der Waals surface area contributed by atoms with E-state index in [1.807, 2.05) is 13.2 Å². The van der Waals surface area contributed by atoms with Gasteiger partial charge in [-0.1, -0.05) is 0 Å². The summed E-state index contributed by atoms with van der Waals surface area (Å²) in [5, 5.41) is 2.84. The number of hydrogen-bond donors (Lipinski definition) is 2. The minimum absolute atomic E-state index is 0.138. The second kappa shape index (κ2) is 8.08. The van der Waals surface area contributed by atoms with Crippen molar-refractivity contribution in [3.05, 3.63) is 0 Å². The van der Waals surface area contributed by atoms with Gasteiger partial charge < -0.3 is 15.8 Å².